The van der Waals surface area contributed by atoms with Crippen molar-refractivity contribution in [1.29, 1.82) is 0 Å². The summed E-state index contributed by atoms with van der Waals surface area (Å²) in [5, 5.41) is 19.6. The minimum atomic E-state index is -0.561. The number of rotatable bonds is 9. The van der Waals surface area contributed by atoms with Crippen molar-refractivity contribution in [2.45, 2.75) is 31.8 Å². The van der Waals surface area contributed by atoms with E-state index in [1.54, 1.807) is 24.8 Å². The minimum absolute atomic E-state index is 0.181. The predicted octanol–water partition coefficient (Wildman–Crippen LogP) is 3.50. The summed E-state index contributed by atoms with van der Waals surface area (Å²) in [5.41, 5.74) is 8.76. The molecule has 1 atom stereocenters. The quantitative estimate of drug-likeness (QED) is 0.137. The maximum atomic E-state index is 12.4. The molecule has 1 aliphatic carbocycles. The van der Waals surface area contributed by atoms with E-state index >= 15 is 0 Å². The zero-order valence-electron chi connectivity index (χ0n) is 20.6. The van der Waals surface area contributed by atoms with E-state index in [1.807, 2.05) is 12.1 Å². The molecule has 1 unspecified atom stereocenters. The van der Waals surface area contributed by atoms with Crippen molar-refractivity contribution in [2.75, 3.05) is 13.6 Å². The van der Waals surface area contributed by atoms with Crippen molar-refractivity contribution in [3.05, 3.63) is 94.4 Å². The standard InChI is InChI=1S/C28H30N6O3/c1-29-28(36)27-21(16-31-32-27)17-34(13-12-20-15-30-24-5-3-2-4-22(20)24)25-10-8-19-14-18(6-9-23(19)25)7-11-26(35)33-37/h2-7,9,11,14-16,25,30,37H,8,10,12-13,17H2,1H3,(H,29,36)(H,31,32)(H,33,35). The van der Waals surface area contributed by atoms with Gasteiger partial charge < -0.3 is 10.3 Å². The summed E-state index contributed by atoms with van der Waals surface area (Å²) in [4.78, 5) is 29.6. The minimum Gasteiger partial charge on any atom is -0.361 e. The maximum Gasteiger partial charge on any atom is 0.269 e. The largest absolute Gasteiger partial charge is 0.361 e. The highest BCUT2D eigenvalue weighted by molar-refractivity contribution is 5.93. The highest BCUT2D eigenvalue weighted by atomic mass is 16.5. The Hall–Kier alpha value is -4.21. The van der Waals surface area contributed by atoms with Gasteiger partial charge >= 0.3 is 0 Å². The van der Waals surface area contributed by atoms with Gasteiger partial charge in [0.05, 0.1) is 6.20 Å². The summed E-state index contributed by atoms with van der Waals surface area (Å²) in [6, 6.07) is 14.7. The van der Waals surface area contributed by atoms with Crippen molar-refractivity contribution >= 4 is 28.8 Å². The first-order valence-corrected chi connectivity index (χ1v) is 12.4. The lowest BCUT2D eigenvalue weighted by Gasteiger charge is -2.30. The van der Waals surface area contributed by atoms with Crippen LogP contribution in [0.25, 0.3) is 17.0 Å². The normalized spacial score (nSPS) is 14.9. The van der Waals surface area contributed by atoms with Gasteiger partial charge in [-0.1, -0.05) is 36.4 Å². The summed E-state index contributed by atoms with van der Waals surface area (Å²) in [6.45, 7) is 1.40. The first-order chi connectivity index (χ1) is 18.1. The fourth-order valence-electron chi connectivity index (χ4n) is 5.23. The number of nitrogens with one attached hydrogen (secondary N) is 4. The molecule has 0 bridgehead atoms. The number of hydrogen-bond acceptors (Lipinski definition) is 5. The van der Waals surface area contributed by atoms with E-state index in [-0.39, 0.29) is 11.9 Å². The summed E-state index contributed by atoms with van der Waals surface area (Å²) >= 11 is 0. The first kappa shape index (κ1) is 24.5. The van der Waals surface area contributed by atoms with Crippen molar-refractivity contribution in [3.63, 3.8) is 0 Å². The number of benzene rings is 2. The molecule has 2 heterocycles. The van der Waals surface area contributed by atoms with Crippen molar-refractivity contribution in [3.8, 4) is 0 Å². The average molecular weight is 499 g/mol. The molecule has 1 aliphatic rings. The number of carbonyl (C=O) groups is 2. The van der Waals surface area contributed by atoms with E-state index in [4.69, 9.17) is 5.21 Å². The van der Waals surface area contributed by atoms with E-state index in [2.05, 4.69) is 61.9 Å². The Morgan fingerprint density at radius 2 is 2.08 bits per heavy atom. The van der Waals surface area contributed by atoms with Gasteiger partial charge in [-0.15, -0.1) is 0 Å². The van der Waals surface area contributed by atoms with E-state index in [0.29, 0.717) is 12.2 Å². The van der Waals surface area contributed by atoms with Gasteiger partial charge in [-0.3, -0.25) is 24.8 Å². The number of hydrogen-bond donors (Lipinski definition) is 5. The second-order valence-corrected chi connectivity index (χ2v) is 9.25. The number of carbonyl (C=O) groups excluding carboxylic acids is 2. The van der Waals surface area contributed by atoms with Crippen LogP contribution >= 0.6 is 0 Å². The predicted molar refractivity (Wildman–Crippen MR) is 141 cm³/mol. The highest BCUT2D eigenvalue weighted by Crippen LogP contribution is 2.37. The molecule has 2 amide bonds. The lowest BCUT2D eigenvalue weighted by atomic mass is 10.0. The molecule has 0 aliphatic heterocycles. The van der Waals surface area contributed by atoms with Gasteiger partial charge in [0.25, 0.3) is 11.8 Å². The Labute approximate surface area is 214 Å². The molecular formula is C28H30N6O3. The maximum absolute atomic E-state index is 12.4. The Morgan fingerprint density at radius 1 is 1.22 bits per heavy atom. The molecular weight excluding hydrogens is 468 g/mol. The first-order valence-electron chi connectivity index (χ1n) is 12.4. The summed E-state index contributed by atoms with van der Waals surface area (Å²) in [6.07, 6.45) is 9.56. The van der Waals surface area contributed by atoms with Crippen LogP contribution in [0, 0.1) is 0 Å². The van der Waals surface area contributed by atoms with Crippen LogP contribution in [0.1, 0.15) is 50.8 Å². The molecule has 5 rings (SSSR count). The fraction of sp³-hybridized carbons (Fsp3) is 0.250. The monoisotopic (exact) mass is 498 g/mol. The number of para-hydroxylation sites is 1. The lowest BCUT2D eigenvalue weighted by molar-refractivity contribution is -0.124. The number of fused-ring (bicyclic) bond motifs is 2. The molecule has 190 valence electrons. The SMILES string of the molecule is CNC(=O)c1[nH]ncc1CN(CCc1c[nH]c2ccccc12)C1CCc2cc(C=CC(=O)NO)ccc21. The molecule has 37 heavy (non-hydrogen) atoms. The van der Waals surface area contributed by atoms with Gasteiger partial charge in [0, 0.05) is 54.9 Å². The topological polar surface area (TPSA) is 126 Å². The fourth-order valence-corrected chi connectivity index (χ4v) is 5.23. The second-order valence-electron chi connectivity index (χ2n) is 9.25. The van der Waals surface area contributed by atoms with E-state index in [0.717, 1.165) is 42.5 Å². The van der Waals surface area contributed by atoms with Crippen LogP contribution in [0.15, 0.2) is 60.9 Å². The van der Waals surface area contributed by atoms with Crippen molar-refractivity contribution < 1.29 is 14.8 Å². The molecule has 5 N–H and O–H groups in total. The van der Waals surface area contributed by atoms with Crippen LogP contribution in [-0.2, 0) is 24.2 Å². The molecule has 2 aromatic carbocycles. The molecule has 2 aromatic heterocycles. The van der Waals surface area contributed by atoms with Crippen LogP contribution in [0.4, 0.5) is 0 Å². The molecule has 0 radical (unpaired) electrons. The van der Waals surface area contributed by atoms with Gasteiger partial charge in [-0.2, -0.15) is 5.10 Å². The number of hydroxylamine groups is 1. The van der Waals surface area contributed by atoms with Crippen LogP contribution in [0.2, 0.25) is 0 Å². The number of amides is 2. The van der Waals surface area contributed by atoms with Gasteiger partial charge in [0.15, 0.2) is 0 Å². The van der Waals surface area contributed by atoms with Gasteiger partial charge in [0.2, 0.25) is 0 Å². The number of aromatic amines is 2. The van der Waals surface area contributed by atoms with E-state index in [1.165, 1.54) is 28.2 Å². The summed E-state index contributed by atoms with van der Waals surface area (Å²) in [5.74, 6) is -0.742. The van der Waals surface area contributed by atoms with E-state index < -0.39 is 5.91 Å². The highest BCUT2D eigenvalue weighted by Gasteiger charge is 2.29. The third-order valence-corrected chi connectivity index (χ3v) is 7.08. The number of nitrogens with zero attached hydrogens (tertiary/aromatic N) is 2. The Bertz CT molecular complexity index is 1450. The number of H-pyrrole nitrogens is 2. The molecule has 0 saturated carbocycles. The third kappa shape index (κ3) is 5.18. The molecule has 9 heteroatoms. The third-order valence-electron chi connectivity index (χ3n) is 7.08. The zero-order chi connectivity index (χ0) is 25.8. The lowest BCUT2D eigenvalue weighted by Crippen LogP contribution is -2.30. The van der Waals surface area contributed by atoms with Gasteiger partial charge in [0.1, 0.15) is 5.69 Å². The Morgan fingerprint density at radius 3 is 2.92 bits per heavy atom. The van der Waals surface area contributed by atoms with Crippen LogP contribution in [0.3, 0.4) is 0 Å². The van der Waals surface area contributed by atoms with Crippen molar-refractivity contribution in [2.24, 2.45) is 0 Å². The van der Waals surface area contributed by atoms with Crippen LogP contribution in [-0.4, -0.2) is 50.7 Å². The van der Waals surface area contributed by atoms with Gasteiger partial charge in [-0.05, 0) is 53.7 Å². The smallest absolute Gasteiger partial charge is 0.269 e. The summed E-state index contributed by atoms with van der Waals surface area (Å²) < 4.78 is 0. The molecule has 0 fully saturated rings. The average Bonchev–Trinajstić information content (AvgIpc) is 3.67. The van der Waals surface area contributed by atoms with Crippen LogP contribution < -0.4 is 10.8 Å². The Balaban J connectivity index is 1.42. The molecule has 0 spiro atoms. The van der Waals surface area contributed by atoms with E-state index in [9.17, 15) is 9.59 Å². The van der Waals surface area contributed by atoms with Gasteiger partial charge in [-0.25, -0.2) is 5.48 Å². The van der Waals surface area contributed by atoms with Crippen molar-refractivity contribution in [1.82, 2.24) is 30.9 Å². The Kier molecular flexibility index (Phi) is 7.16. The number of aromatic nitrogens is 3. The van der Waals surface area contributed by atoms with Crippen LogP contribution in [0.5, 0.6) is 0 Å². The second kappa shape index (κ2) is 10.8. The zero-order valence-corrected chi connectivity index (χ0v) is 20.6. The molecule has 4 aromatic rings. The molecule has 9 nitrogen and oxygen atoms in total. The number of aryl methyl sites for hydroxylation is 1. The summed E-state index contributed by atoms with van der Waals surface area (Å²) in [7, 11) is 1.62. The molecule has 0 saturated heterocycles.